The van der Waals surface area contributed by atoms with Crippen LogP contribution in [0.1, 0.15) is 26.2 Å². The zero-order chi connectivity index (χ0) is 13.0. The van der Waals surface area contributed by atoms with Crippen molar-refractivity contribution in [3.05, 3.63) is 16.0 Å². The Balaban J connectivity index is 2.06. The standard InChI is InChI=1S/C12H17BrClN3O/c1-2-6-18-9-4-3-5-17(7-9)12-10(13)11(14)15-8-16-12/h8-9H,2-7H2,1H3. The van der Waals surface area contributed by atoms with E-state index in [1.165, 1.54) is 6.33 Å². The molecule has 0 N–H and O–H groups in total. The van der Waals surface area contributed by atoms with Gasteiger partial charge in [0.15, 0.2) is 0 Å². The van der Waals surface area contributed by atoms with Gasteiger partial charge in [0, 0.05) is 19.7 Å². The third-order valence-electron chi connectivity index (χ3n) is 2.96. The average Bonchev–Trinajstić information content (AvgIpc) is 2.40. The number of rotatable bonds is 4. The molecule has 0 radical (unpaired) electrons. The van der Waals surface area contributed by atoms with Crippen molar-refractivity contribution in [1.82, 2.24) is 9.97 Å². The maximum Gasteiger partial charge on any atom is 0.148 e. The highest BCUT2D eigenvalue weighted by Crippen LogP contribution is 2.31. The summed E-state index contributed by atoms with van der Waals surface area (Å²) in [6.45, 7) is 4.80. The highest BCUT2D eigenvalue weighted by Gasteiger charge is 2.23. The SMILES string of the molecule is CCCOC1CCCN(c2ncnc(Cl)c2Br)C1. The van der Waals surface area contributed by atoms with Crippen LogP contribution in [0.5, 0.6) is 0 Å². The lowest BCUT2D eigenvalue weighted by atomic mass is 10.1. The van der Waals surface area contributed by atoms with Crippen molar-refractivity contribution in [2.24, 2.45) is 0 Å². The van der Waals surface area contributed by atoms with E-state index in [4.69, 9.17) is 16.3 Å². The van der Waals surface area contributed by atoms with Crippen LogP contribution in [0.15, 0.2) is 10.8 Å². The summed E-state index contributed by atoms with van der Waals surface area (Å²) in [4.78, 5) is 10.5. The summed E-state index contributed by atoms with van der Waals surface area (Å²) in [7, 11) is 0. The molecule has 0 saturated carbocycles. The maximum absolute atomic E-state index is 6.00. The second-order valence-electron chi connectivity index (χ2n) is 4.38. The lowest BCUT2D eigenvalue weighted by Crippen LogP contribution is -2.40. The van der Waals surface area contributed by atoms with E-state index in [9.17, 15) is 0 Å². The van der Waals surface area contributed by atoms with Gasteiger partial charge in [-0.1, -0.05) is 18.5 Å². The van der Waals surface area contributed by atoms with E-state index in [1.807, 2.05) is 0 Å². The molecule has 1 atom stereocenters. The summed E-state index contributed by atoms with van der Waals surface area (Å²) in [5.41, 5.74) is 0. The van der Waals surface area contributed by atoms with Crippen LogP contribution >= 0.6 is 27.5 Å². The zero-order valence-corrected chi connectivity index (χ0v) is 12.7. The van der Waals surface area contributed by atoms with Crippen LogP contribution in [0.2, 0.25) is 5.15 Å². The Labute approximate surface area is 121 Å². The van der Waals surface area contributed by atoms with Crippen LogP contribution in [0.25, 0.3) is 0 Å². The lowest BCUT2D eigenvalue weighted by Gasteiger charge is -2.33. The second-order valence-corrected chi connectivity index (χ2v) is 5.53. The normalized spacial score (nSPS) is 20.2. The molecular formula is C12H17BrClN3O. The van der Waals surface area contributed by atoms with Gasteiger partial charge in [0.05, 0.1) is 10.6 Å². The molecule has 1 unspecified atom stereocenters. The first-order valence-corrected chi connectivity index (χ1v) is 7.42. The fourth-order valence-electron chi connectivity index (χ4n) is 2.11. The highest BCUT2D eigenvalue weighted by molar-refractivity contribution is 9.10. The molecule has 2 rings (SSSR count). The predicted molar refractivity (Wildman–Crippen MR) is 76.2 cm³/mol. The van der Waals surface area contributed by atoms with E-state index in [-0.39, 0.29) is 0 Å². The molecule has 1 aliphatic rings. The molecule has 2 heterocycles. The predicted octanol–water partition coefficient (Wildman–Crippen LogP) is 3.29. The van der Waals surface area contributed by atoms with Crippen molar-refractivity contribution < 1.29 is 4.74 Å². The molecule has 1 fully saturated rings. The monoisotopic (exact) mass is 333 g/mol. The van der Waals surface area contributed by atoms with Gasteiger partial charge in [-0.2, -0.15) is 0 Å². The molecule has 1 aromatic heterocycles. The smallest absolute Gasteiger partial charge is 0.148 e. The molecule has 0 amide bonds. The zero-order valence-electron chi connectivity index (χ0n) is 10.4. The first-order chi connectivity index (χ1) is 8.72. The molecule has 0 aromatic carbocycles. The van der Waals surface area contributed by atoms with Gasteiger partial charge in [0.1, 0.15) is 17.3 Å². The maximum atomic E-state index is 6.00. The van der Waals surface area contributed by atoms with Gasteiger partial charge < -0.3 is 9.64 Å². The van der Waals surface area contributed by atoms with Crippen LogP contribution in [0.3, 0.4) is 0 Å². The Morgan fingerprint density at radius 2 is 2.39 bits per heavy atom. The molecule has 1 aliphatic heterocycles. The quantitative estimate of drug-likeness (QED) is 0.792. The molecule has 100 valence electrons. The molecule has 6 heteroatoms. The van der Waals surface area contributed by atoms with E-state index >= 15 is 0 Å². The van der Waals surface area contributed by atoms with Gasteiger partial charge in [0.2, 0.25) is 0 Å². The van der Waals surface area contributed by atoms with Crippen molar-refractivity contribution in [2.75, 3.05) is 24.6 Å². The second kappa shape index (κ2) is 6.68. The first-order valence-electron chi connectivity index (χ1n) is 6.25. The lowest BCUT2D eigenvalue weighted by molar-refractivity contribution is 0.0439. The Morgan fingerprint density at radius 1 is 1.56 bits per heavy atom. The van der Waals surface area contributed by atoms with Crippen LogP contribution < -0.4 is 4.90 Å². The number of anilines is 1. The number of halogens is 2. The van der Waals surface area contributed by atoms with E-state index in [1.54, 1.807) is 0 Å². The molecular weight excluding hydrogens is 318 g/mol. The van der Waals surface area contributed by atoms with Gasteiger partial charge in [-0.05, 0) is 35.2 Å². The van der Waals surface area contributed by atoms with Gasteiger partial charge in [-0.15, -0.1) is 0 Å². The number of nitrogens with zero attached hydrogens (tertiary/aromatic N) is 3. The van der Waals surface area contributed by atoms with Crippen LogP contribution in [0.4, 0.5) is 5.82 Å². The molecule has 0 spiro atoms. The van der Waals surface area contributed by atoms with Gasteiger partial charge in [0.25, 0.3) is 0 Å². The highest BCUT2D eigenvalue weighted by atomic mass is 79.9. The van der Waals surface area contributed by atoms with Gasteiger partial charge >= 0.3 is 0 Å². The Bertz CT molecular complexity index is 405. The summed E-state index contributed by atoms with van der Waals surface area (Å²) in [6.07, 6.45) is 5.08. The van der Waals surface area contributed by atoms with E-state index in [0.717, 1.165) is 49.2 Å². The van der Waals surface area contributed by atoms with Crippen molar-refractivity contribution in [1.29, 1.82) is 0 Å². The minimum Gasteiger partial charge on any atom is -0.376 e. The largest absolute Gasteiger partial charge is 0.376 e. The molecule has 1 aromatic rings. The minimum atomic E-state index is 0.291. The molecule has 1 saturated heterocycles. The van der Waals surface area contributed by atoms with Gasteiger partial charge in [-0.25, -0.2) is 9.97 Å². The third kappa shape index (κ3) is 3.33. The minimum absolute atomic E-state index is 0.291. The van der Waals surface area contributed by atoms with Crippen molar-refractivity contribution in [2.45, 2.75) is 32.3 Å². The molecule has 4 nitrogen and oxygen atoms in total. The number of hydrogen-bond donors (Lipinski definition) is 0. The van der Waals surface area contributed by atoms with E-state index in [2.05, 4.69) is 37.7 Å². The average molecular weight is 335 g/mol. The molecule has 0 bridgehead atoms. The van der Waals surface area contributed by atoms with Crippen molar-refractivity contribution in [3.63, 3.8) is 0 Å². The Morgan fingerprint density at radius 3 is 3.17 bits per heavy atom. The van der Waals surface area contributed by atoms with E-state index in [0.29, 0.717) is 11.3 Å². The Kier molecular flexibility index (Phi) is 5.21. The van der Waals surface area contributed by atoms with Crippen LogP contribution in [-0.4, -0.2) is 35.8 Å². The number of ether oxygens (including phenoxy) is 1. The van der Waals surface area contributed by atoms with Crippen LogP contribution in [-0.2, 0) is 4.74 Å². The van der Waals surface area contributed by atoms with Crippen LogP contribution in [0, 0.1) is 0 Å². The molecule has 0 aliphatic carbocycles. The van der Waals surface area contributed by atoms with E-state index < -0.39 is 0 Å². The summed E-state index contributed by atoms with van der Waals surface area (Å²) in [5, 5.41) is 0.455. The third-order valence-corrected chi connectivity index (χ3v) is 4.21. The van der Waals surface area contributed by atoms with Gasteiger partial charge in [-0.3, -0.25) is 0 Å². The summed E-state index contributed by atoms with van der Waals surface area (Å²) < 4.78 is 6.59. The topological polar surface area (TPSA) is 38.2 Å². The summed E-state index contributed by atoms with van der Waals surface area (Å²) in [6, 6.07) is 0. The number of piperidine rings is 1. The van der Waals surface area contributed by atoms with Crippen molar-refractivity contribution in [3.8, 4) is 0 Å². The Hall–Kier alpha value is -0.390. The first kappa shape index (κ1) is 14.0. The summed E-state index contributed by atoms with van der Waals surface area (Å²) in [5.74, 6) is 0.861. The number of aromatic nitrogens is 2. The van der Waals surface area contributed by atoms with Crippen molar-refractivity contribution >= 4 is 33.3 Å². The molecule has 18 heavy (non-hydrogen) atoms. The summed E-state index contributed by atoms with van der Waals surface area (Å²) >= 11 is 9.45. The fourth-order valence-corrected chi connectivity index (χ4v) is 2.70. The number of hydrogen-bond acceptors (Lipinski definition) is 4. The fraction of sp³-hybridized carbons (Fsp3) is 0.667.